The molecule has 0 atom stereocenters. The molecule has 0 aliphatic rings. The Bertz CT molecular complexity index is 593. The fourth-order valence-electron chi connectivity index (χ4n) is 1.83. The number of halogens is 1. The highest BCUT2D eigenvalue weighted by Gasteiger charge is 2.16. The first-order valence-electron chi connectivity index (χ1n) is 6.34. The molecule has 0 spiro atoms. The van der Waals surface area contributed by atoms with Crippen molar-refractivity contribution in [3.63, 3.8) is 0 Å². The highest BCUT2D eigenvalue weighted by molar-refractivity contribution is 6.30. The minimum atomic E-state index is -0.491. The van der Waals surface area contributed by atoms with E-state index in [1.165, 1.54) is 0 Å². The molecule has 5 nitrogen and oxygen atoms in total. The van der Waals surface area contributed by atoms with Gasteiger partial charge in [-0.3, -0.25) is 0 Å². The molecular formula is C14H16ClN3O2. The van der Waals surface area contributed by atoms with Crippen molar-refractivity contribution in [2.75, 3.05) is 12.3 Å². The van der Waals surface area contributed by atoms with Crippen LogP contribution in [0.25, 0.3) is 0 Å². The molecule has 0 saturated heterocycles. The maximum Gasteiger partial charge on any atom is 0.360 e. The van der Waals surface area contributed by atoms with Crippen molar-refractivity contribution in [3.05, 3.63) is 46.9 Å². The molecule has 106 valence electrons. The number of hydrogen-bond acceptors (Lipinski definition) is 4. The first-order chi connectivity index (χ1) is 9.61. The zero-order chi connectivity index (χ0) is 14.5. The molecule has 1 aromatic heterocycles. The van der Waals surface area contributed by atoms with Crippen molar-refractivity contribution in [1.29, 1.82) is 0 Å². The van der Waals surface area contributed by atoms with E-state index in [4.69, 9.17) is 22.1 Å². The fraction of sp³-hybridized carbons (Fsp3) is 0.286. The Morgan fingerprint density at radius 3 is 2.75 bits per heavy atom. The molecule has 0 bridgehead atoms. The van der Waals surface area contributed by atoms with Gasteiger partial charge in [0.15, 0.2) is 5.69 Å². The molecule has 2 rings (SSSR count). The highest BCUT2D eigenvalue weighted by Crippen LogP contribution is 2.14. The zero-order valence-corrected chi connectivity index (χ0v) is 11.9. The Hall–Kier alpha value is -2.01. The lowest BCUT2D eigenvalue weighted by molar-refractivity contribution is 0.0521. The van der Waals surface area contributed by atoms with Crippen LogP contribution in [0.4, 0.5) is 5.82 Å². The maximum atomic E-state index is 11.6. The molecule has 0 radical (unpaired) electrons. The minimum absolute atomic E-state index is 0.169. The molecule has 2 aromatic rings. The second kappa shape index (κ2) is 6.43. The maximum absolute atomic E-state index is 11.6. The molecule has 1 aromatic carbocycles. The number of aryl methyl sites for hydroxylation is 2. The van der Waals surface area contributed by atoms with E-state index in [0.717, 1.165) is 12.0 Å². The van der Waals surface area contributed by atoms with Crippen LogP contribution in [0.15, 0.2) is 30.6 Å². The lowest BCUT2D eigenvalue weighted by Crippen LogP contribution is -2.10. The number of carbonyl (C=O) groups is 1. The SMILES string of the molecule is CCOC(=O)c1ncn(CCc2ccc(Cl)cc2)c1N. The van der Waals surface area contributed by atoms with Gasteiger partial charge in [0.05, 0.1) is 12.9 Å². The van der Waals surface area contributed by atoms with Gasteiger partial charge in [-0.05, 0) is 31.0 Å². The lowest BCUT2D eigenvalue weighted by Gasteiger charge is -2.06. The number of nitrogens with two attached hydrogens (primary N) is 1. The van der Waals surface area contributed by atoms with Crippen LogP contribution in [-0.4, -0.2) is 22.1 Å². The number of esters is 1. The highest BCUT2D eigenvalue weighted by atomic mass is 35.5. The monoisotopic (exact) mass is 293 g/mol. The van der Waals surface area contributed by atoms with Crippen LogP contribution in [0, 0.1) is 0 Å². The van der Waals surface area contributed by atoms with Crippen LogP contribution in [-0.2, 0) is 17.7 Å². The van der Waals surface area contributed by atoms with E-state index < -0.39 is 5.97 Å². The minimum Gasteiger partial charge on any atom is -0.461 e. The number of imidazole rings is 1. The first kappa shape index (κ1) is 14.4. The summed E-state index contributed by atoms with van der Waals surface area (Å²) < 4.78 is 6.63. The van der Waals surface area contributed by atoms with E-state index in [1.54, 1.807) is 17.8 Å². The van der Waals surface area contributed by atoms with Crippen molar-refractivity contribution in [1.82, 2.24) is 9.55 Å². The second-order valence-corrected chi connectivity index (χ2v) is 4.71. The van der Waals surface area contributed by atoms with Crippen molar-refractivity contribution in [2.45, 2.75) is 19.9 Å². The fourth-order valence-corrected chi connectivity index (χ4v) is 1.95. The average Bonchev–Trinajstić information content (AvgIpc) is 2.80. The predicted molar refractivity (Wildman–Crippen MR) is 77.8 cm³/mol. The quantitative estimate of drug-likeness (QED) is 0.860. The van der Waals surface area contributed by atoms with E-state index in [9.17, 15) is 4.79 Å². The molecule has 0 amide bonds. The number of nitrogen functional groups attached to an aromatic ring is 1. The van der Waals surface area contributed by atoms with Gasteiger partial charge in [-0.1, -0.05) is 23.7 Å². The van der Waals surface area contributed by atoms with Gasteiger partial charge in [0.1, 0.15) is 5.82 Å². The van der Waals surface area contributed by atoms with E-state index in [0.29, 0.717) is 24.0 Å². The van der Waals surface area contributed by atoms with Gasteiger partial charge in [0.25, 0.3) is 0 Å². The van der Waals surface area contributed by atoms with E-state index in [2.05, 4.69) is 4.98 Å². The number of nitrogens with zero attached hydrogens (tertiary/aromatic N) is 2. The van der Waals surface area contributed by atoms with E-state index >= 15 is 0 Å². The van der Waals surface area contributed by atoms with Gasteiger partial charge >= 0.3 is 5.97 Å². The molecule has 2 N–H and O–H groups in total. The van der Waals surface area contributed by atoms with Crippen LogP contribution in [0.5, 0.6) is 0 Å². The standard InChI is InChI=1S/C14H16ClN3O2/c1-2-20-14(19)12-13(16)18(9-17-12)8-7-10-3-5-11(15)6-4-10/h3-6,9H,2,7-8,16H2,1H3. The van der Waals surface area contributed by atoms with Crippen molar-refractivity contribution in [3.8, 4) is 0 Å². The van der Waals surface area contributed by atoms with Gasteiger partial charge in [0.2, 0.25) is 0 Å². The van der Waals surface area contributed by atoms with Crippen LogP contribution < -0.4 is 5.73 Å². The zero-order valence-electron chi connectivity index (χ0n) is 11.2. The molecular weight excluding hydrogens is 278 g/mol. The molecule has 20 heavy (non-hydrogen) atoms. The van der Waals surface area contributed by atoms with Crippen molar-refractivity contribution in [2.24, 2.45) is 0 Å². The third-order valence-electron chi connectivity index (χ3n) is 2.90. The van der Waals surface area contributed by atoms with Crippen molar-refractivity contribution < 1.29 is 9.53 Å². The topological polar surface area (TPSA) is 70.1 Å². The summed E-state index contributed by atoms with van der Waals surface area (Å²) in [5, 5.41) is 0.709. The molecule has 0 unspecified atom stereocenters. The first-order valence-corrected chi connectivity index (χ1v) is 6.71. The summed E-state index contributed by atoms with van der Waals surface area (Å²) in [6.07, 6.45) is 2.33. The van der Waals surface area contributed by atoms with Gasteiger partial charge in [-0.2, -0.15) is 0 Å². The summed E-state index contributed by atoms with van der Waals surface area (Å²) in [4.78, 5) is 15.6. The molecule has 0 aliphatic carbocycles. The largest absolute Gasteiger partial charge is 0.461 e. The van der Waals surface area contributed by atoms with E-state index in [1.807, 2.05) is 24.3 Å². The molecule has 1 heterocycles. The van der Waals surface area contributed by atoms with Gasteiger partial charge < -0.3 is 15.0 Å². The predicted octanol–water partition coefficient (Wildman–Crippen LogP) is 2.54. The number of ether oxygens (including phenoxy) is 1. The Labute approximate surface area is 122 Å². The van der Waals surface area contributed by atoms with Crippen LogP contribution in [0.3, 0.4) is 0 Å². The summed E-state index contributed by atoms with van der Waals surface area (Å²) >= 11 is 5.84. The van der Waals surface area contributed by atoms with Crippen LogP contribution >= 0.6 is 11.6 Å². The number of benzene rings is 1. The van der Waals surface area contributed by atoms with Crippen LogP contribution in [0.2, 0.25) is 5.02 Å². The summed E-state index contributed by atoms with van der Waals surface area (Å²) in [6.45, 7) is 2.68. The van der Waals surface area contributed by atoms with E-state index in [-0.39, 0.29) is 5.69 Å². The smallest absolute Gasteiger partial charge is 0.360 e. The lowest BCUT2D eigenvalue weighted by atomic mass is 10.1. The van der Waals surface area contributed by atoms with Gasteiger partial charge in [-0.15, -0.1) is 0 Å². The number of anilines is 1. The Balaban J connectivity index is 2.03. The third-order valence-corrected chi connectivity index (χ3v) is 3.15. The Morgan fingerprint density at radius 1 is 1.40 bits per heavy atom. The number of aromatic nitrogens is 2. The van der Waals surface area contributed by atoms with Crippen LogP contribution in [0.1, 0.15) is 23.0 Å². The number of rotatable bonds is 5. The Morgan fingerprint density at radius 2 is 2.10 bits per heavy atom. The third kappa shape index (κ3) is 3.30. The normalized spacial score (nSPS) is 10.5. The number of hydrogen-bond donors (Lipinski definition) is 1. The van der Waals surface area contributed by atoms with Crippen molar-refractivity contribution >= 4 is 23.4 Å². The summed E-state index contributed by atoms with van der Waals surface area (Å²) in [5.41, 5.74) is 7.21. The van der Waals surface area contributed by atoms with Gasteiger partial charge in [0, 0.05) is 11.6 Å². The average molecular weight is 294 g/mol. The van der Waals surface area contributed by atoms with Gasteiger partial charge in [-0.25, -0.2) is 9.78 Å². The summed E-state index contributed by atoms with van der Waals surface area (Å²) in [6, 6.07) is 7.61. The second-order valence-electron chi connectivity index (χ2n) is 4.27. The summed E-state index contributed by atoms with van der Waals surface area (Å²) in [7, 11) is 0. The molecule has 0 fully saturated rings. The molecule has 6 heteroatoms. The molecule has 0 aliphatic heterocycles. The molecule has 0 saturated carbocycles. The Kier molecular flexibility index (Phi) is 4.63. The summed E-state index contributed by atoms with van der Waals surface area (Å²) in [5.74, 6) is -0.160. The number of carbonyl (C=O) groups excluding carboxylic acids is 1.